The van der Waals surface area contributed by atoms with Crippen molar-refractivity contribution in [2.75, 3.05) is 27.4 Å². The molecule has 0 radical (unpaired) electrons. The number of fused-ring (bicyclic) bond motifs is 7. The Morgan fingerprint density at radius 1 is 0.961 bits per heavy atom. The molecule has 16 nitrogen and oxygen atoms in total. The van der Waals surface area contributed by atoms with Crippen molar-refractivity contribution in [2.45, 2.75) is 107 Å². The molecule has 0 aromatic rings. The second kappa shape index (κ2) is 10.5. The summed E-state index contributed by atoms with van der Waals surface area (Å²) in [5.74, 6) is -9.30. The maximum Gasteiger partial charge on any atom is 0.366 e. The number of ether oxygens (including phenoxy) is 9. The molecule has 0 aromatic heterocycles. The second-order valence-electron chi connectivity index (χ2n) is 15.8. The SMILES string of the molecule is C/C=C(\C)C(=O)OC1CC(OC(C)=O)C2(C(=O)OC)COC3C2C1(C)C1C2(C(=O)OC)OCC1(C3O)C1(O)C3CC(C4(O)C=COC4O3)C1(C)O2. The van der Waals surface area contributed by atoms with Gasteiger partial charge in [0.15, 0.2) is 5.60 Å². The van der Waals surface area contributed by atoms with Gasteiger partial charge in [0, 0.05) is 42.1 Å². The van der Waals surface area contributed by atoms with Crippen LogP contribution in [0, 0.1) is 34.0 Å². The lowest BCUT2D eigenvalue weighted by Crippen LogP contribution is -2.86. The zero-order valence-electron chi connectivity index (χ0n) is 29.4. The zero-order valence-corrected chi connectivity index (χ0v) is 29.4. The Hall–Kier alpha value is -3.12. The van der Waals surface area contributed by atoms with E-state index in [4.69, 9.17) is 42.6 Å². The summed E-state index contributed by atoms with van der Waals surface area (Å²) in [7, 11) is 2.30. The van der Waals surface area contributed by atoms with Crippen molar-refractivity contribution in [2.24, 2.45) is 34.0 Å². The highest BCUT2D eigenvalue weighted by atomic mass is 16.8. The monoisotopic (exact) mass is 720 g/mol. The van der Waals surface area contributed by atoms with Gasteiger partial charge in [-0.3, -0.25) is 9.59 Å². The van der Waals surface area contributed by atoms with E-state index in [-0.39, 0.29) is 25.0 Å². The Morgan fingerprint density at radius 3 is 2.31 bits per heavy atom. The highest BCUT2D eigenvalue weighted by Crippen LogP contribution is 2.81. The normalized spacial score (nSPS) is 53.9. The van der Waals surface area contributed by atoms with Crippen LogP contribution in [0.3, 0.4) is 0 Å². The van der Waals surface area contributed by atoms with Gasteiger partial charge in [-0.2, -0.15) is 0 Å². The fourth-order valence-electron chi connectivity index (χ4n) is 12.2. The average molecular weight is 721 g/mol. The van der Waals surface area contributed by atoms with Gasteiger partial charge in [0.25, 0.3) is 5.79 Å². The molecular formula is C35H44O16. The summed E-state index contributed by atoms with van der Waals surface area (Å²) in [6.07, 6.45) is -3.94. The van der Waals surface area contributed by atoms with Gasteiger partial charge < -0.3 is 58.0 Å². The first-order valence-corrected chi connectivity index (χ1v) is 17.2. The lowest BCUT2D eigenvalue weighted by Gasteiger charge is -2.71. The lowest BCUT2D eigenvalue weighted by molar-refractivity contribution is -0.410. The highest BCUT2D eigenvalue weighted by Gasteiger charge is 2.96. The number of rotatable bonds is 5. The number of hydrogen-bond donors (Lipinski definition) is 3. The molecule has 8 aliphatic rings. The van der Waals surface area contributed by atoms with E-state index in [0.29, 0.717) is 0 Å². The van der Waals surface area contributed by atoms with Gasteiger partial charge in [-0.1, -0.05) is 13.0 Å². The topological polar surface area (TPSA) is 212 Å². The lowest BCUT2D eigenvalue weighted by atomic mass is 9.35. The van der Waals surface area contributed by atoms with E-state index in [1.807, 2.05) is 0 Å². The van der Waals surface area contributed by atoms with Crippen LogP contribution in [-0.2, 0) is 61.8 Å². The van der Waals surface area contributed by atoms with Crippen LogP contribution in [0.1, 0.15) is 47.5 Å². The number of carbonyl (C=O) groups excluding carboxylic acids is 4. The molecule has 7 fully saturated rings. The van der Waals surface area contributed by atoms with E-state index in [1.165, 1.54) is 33.3 Å². The maximum atomic E-state index is 14.4. The van der Waals surface area contributed by atoms with Crippen molar-refractivity contribution in [3.8, 4) is 0 Å². The quantitative estimate of drug-likeness (QED) is 0.191. The Bertz CT molecular complexity index is 1660. The van der Waals surface area contributed by atoms with Crippen molar-refractivity contribution in [3.63, 3.8) is 0 Å². The third-order valence-electron chi connectivity index (χ3n) is 14.2. The molecule has 280 valence electrons. The molecule has 16 atom stereocenters. The van der Waals surface area contributed by atoms with Crippen molar-refractivity contribution in [1.29, 1.82) is 0 Å². The molecule has 51 heavy (non-hydrogen) atoms. The first-order valence-electron chi connectivity index (χ1n) is 17.2. The smallest absolute Gasteiger partial charge is 0.366 e. The largest absolute Gasteiger partial charge is 0.469 e. The summed E-state index contributed by atoms with van der Waals surface area (Å²) in [6, 6.07) is 0. The number of hydrogen-bond acceptors (Lipinski definition) is 16. The van der Waals surface area contributed by atoms with Crippen LogP contribution >= 0.6 is 0 Å². The minimum atomic E-state index is -2.41. The summed E-state index contributed by atoms with van der Waals surface area (Å²) in [5.41, 5.74) is -11.0. The highest BCUT2D eigenvalue weighted by molar-refractivity contribution is 5.88. The van der Waals surface area contributed by atoms with Crippen molar-refractivity contribution in [1.82, 2.24) is 0 Å². The average Bonchev–Trinajstić information content (AvgIpc) is 3.83. The van der Waals surface area contributed by atoms with Gasteiger partial charge in [0.05, 0.1) is 57.4 Å². The Balaban J connectivity index is 1.42. The number of methoxy groups -OCH3 is 2. The molecule has 4 bridgehead atoms. The van der Waals surface area contributed by atoms with Crippen LogP contribution in [0.5, 0.6) is 0 Å². The standard InChI is InChI=1S/C35H44O16/c1-8-15(2)24(38)49-18-12-19(48-16(3)36)31(26(39)43-6)13-46-21-22(31)29(18,4)25-32(23(21)37)14-47-34(25,27(40)44-7)51-30(5)17-11-20(35(30,32)42)50-28-33(17,41)9-10-45-28/h8-10,17-23,25,28,37,41-42H,11-14H2,1-7H3/b15-8+. The number of aliphatic hydroxyl groups excluding tert-OH is 1. The second-order valence-corrected chi connectivity index (χ2v) is 15.8. The summed E-state index contributed by atoms with van der Waals surface area (Å²) in [6.45, 7) is 6.71. The Kier molecular flexibility index (Phi) is 7.20. The van der Waals surface area contributed by atoms with Gasteiger partial charge in [-0.05, 0) is 33.3 Å². The van der Waals surface area contributed by atoms with E-state index in [9.17, 15) is 34.5 Å². The Morgan fingerprint density at radius 2 is 1.67 bits per heavy atom. The first kappa shape index (κ1) is 34.9. The third-order valence-corrected chi connectivity index (χ3v) is 14.2. The molecule has 5 heterocycles. The van der Waals surface area contributed by atoms with Gasteiger partial charge in [0.2, 0.25) is 6.29 Å². The molecule has 3 N–H and O–H groups in total. The molecular weight excluding hydrogens is 676 g/mol. The molecule has 0 amide bonds. The predicted octanol–water partition coefficient (Wildman–Crippen LogP) is -0.203. The Labute approximate surface area is 293 Å². The molecule has 3 saturated carbocycles. The van der Waals surface area contributed by atoms with Gasteiger partial charge in [-0.25, -0.2) is 9.59 Å². The summed E-state index contributed by atoms with van der Waals surface area (Å²) in [4.78, 5) is 54.8. The number of allylic oxidation sites excluding steroid dienone is 1. The zero-order chi connectivity index (χ0) is 36.9. The van der Waals surface area contributed by atoms with E-state index in [2.05, 4.69) is 0 Å². The van der Waals surface area contributed by atoms with E-state index in [1.54, 1.807) is 26.8 Å². The summed E-state index contributed by atoms with van der Waals surface area (Å²) >= 11 is 0. The van der Waals surface area contributed by atoms with Crippen LogP contribution in [-0.4, -0.2) is 126 Å². The molecule has 16 unspecified atom stereocenters. The van der Waals surface area contributed by atoms with Gasteiger partial charge in [-0.15, -0.1) is 0 Å². The maximum absolute atomic E-state index is 14.4. The van der Waals surface area contributed by atoms with Crippen LogP contribution in [0.4, 0.5) is 0 Å². The minimum Gasteiger partial charge on any atom is -0.469 e. The fraction of sp³-hybridized carbons (Fsp3) is 0.771. The van der Waals surface area contributed by atoms with Crippen molar-refractivity contribution in [3.05, 3.63) is 24.0 Å². The van der Waals surface area contributed by atoms with Crippen LogP contribution < -0.4 is 0 Å². The van der Waals surface area contributed by atoms with Gasteiger partial charge in [0.1, 0.15) is 28.8 Å². The molecule has 8 rings (SSSR count). The number of esters is 4. The molecule has 16 heteroatoms. The van der Waals surface area contributed by atoms with Crippen molar-refractivity contribution < 1.29 is 77.1 Å². The van der Waals surface area contributed by atoms with E-state index >= 15 is 0 Å². The van der Waals surface area contributed by atoms with Crippen LogP contribution in [0.2, 0.25) is 0 Å². The number of carbonyl (C=O) groups is 4. The predicted molar refractivity (Wildman–Crippen MR) is 164 cm³/mol. The van der Waals surface area contributed by atoms with E-state index < -0.39 is 124 Å². The minimum absolute atomic E-state index is 0.0251. The van der Waals surface area contributed by atoms with Crippen molar-refractivity contribution >= 4 is 23.9 Å². The number of aliphatic hydroxyl groups is 3. The first-order chi connectivity index (χ1) is 23.9. The molecule has 0 spiro atoms. The molecule has 0 aromatic carbocycles. The summed E-state index contributed by atoms with van der Waals surface area (Å²) in [5, 5.41) is 38.5. The van der Waals surface area contributed by atoms with E-state index in [0.717, 1.165) is 7.11 Å². The van der Waals surface area contributed by atoms with Crippen LogP contribution in [0.15, 0.2) is 24.0 Å². The van der Waals surface area contributed by atoms with Gasteiger partial charge >= 0.3 is 23.9 Å². The molecule has 5 aliphatic heterocycles. The third kappa shape index (κ3) is 3.56. The molecule has 3 aliphatic carbocycles. The molecule has 4 saturated heterocycles. The summed E-state index contributed by atoms with van der Waals surface area (Å²) < 4.78 is 54.5. The van der Waals surface area contributed by atoms with Crippen LogP contribution in [0.25, 0.3) is 0 Å². The fourth-order valence-corrected chi connectivity index (χ4v) is 12.2.